The highest BCUT2D eigenvalue weighted by molar-refractivity contribution is 7.90. The van der Waals surface area contributed by atoms with E-state index in [2.05, 4.69) is 4.72 Å². The molecule has 0 aliphatic heterocycles. The second-order valence-corrected chi connectivity index (χ2v) is 5.05. The number of carbonyl (C=O) groups is 1. The van der Waals surface area contributed by atoms with E-state index in [1.54, 1.807) is 0 Å². The van der Waals surface area contributed by atoms with Gasteiger partial charge in [0.1, 0.15) is 12.3 Å². The first-order chi connectivity index (χ1) is 7.83. The SMILES string of the molecule is CN(CC(=O)O)S(=O)(=O)Nc1ccccc1O. The van der Waals surface area contributed by atoms with Crippen LogP contribution in [0.25, 0.3) is 0 Å². The van der Waals surface area contributed by atoms with E-state index >= 15 is 0 Å². The molecule has 94 valence electrons. The van der Waals surface area contributed by atoms with Crippen LogP contribution in [0.1, 0.15) is 0 Å². The van der Waals surface area contributed by atoms with Crippen LogP contribution in [0.2, 0.25) is 0 Å². The maximum absolute atomic E-state index is 11.6. The van der Waals surface area contributed by atoms with Gasteiger partial charge in [-0.2, -0.15) is 12.7 Å². The smallest absolute Gasteiger partial charge is 0.318 e. The summed E-state index contributed by atoms with van der Waals surface area (Å²) < 4.78 is 26.0. The van der Waals surface area contributed by atoms with Gasteiger partial charge in [0.25, 0.3) is 0 Å². The highest BCUT2D eigenvalue weighted by atomic mass is 32.2. The van der Waals surface area contributed by atoms with Gasteiger partial charge in [0.2, 0.25) is 0 Å². The van der Waals surface area contributed by atoms with Gasteiger partial charge in [0.15, 0.2) is 0 Å². The van der Waals surface area contributed by atoms with Crippen molar-refractivity contribution in [2.45, 2.75) is 0 Å². The van der Waals surface area contributed by atoms with Gasteiger partial charge in [-0.25, -0.2) is 0 Å². The monoisotopic (exact) mass is 260 g/mol. The predicted octanol–water partition coefficient (Wildman–Crippen LogP) is 0.0653. The third-order valence-corrected chi connectivity index (χ3v) is 3.34. The number of aromatic hydroxyl groups is 1. The summed E-state index contributed by atoms with van der Waals surface area (Å²) >= 11 is 0. The van der Waals surface area contributed by atoms with Crippen LogP contribution < -0.4 is 4.72 Å². The van der Waals surface area contributed by atoms with Crippen molar-refractivity contribution in [2.24, 2.45) is 0 Å². The van der Waals surface area contributed by atoms with Crippen LogP contribution in [-0.2, 0) is 15.0 Å². The fourth-order valence-corrected chi connectivity index (χ4v) is 1.94. The normalized spacial score (nSPS) is 11.4. The number of hydrogen-bond acceptors (Lipinski definition) is 4. The van der Waals surface area contributed by atoms with Crippen molar-refractivity contribution in [2.75, 3.05) is 18.3 Å². The number of benzene rings is 1. The number of phenolic OH excluding ortho intramolecular Hbond substituents is 1. The first-order valence-corrected chi connectivity index (χ1v) is 6.01. The van der Waals surface area contributed by atoms with E-state index in [0.717, 1.165) is 7.05 Å². The summed E-state index contributed by atoms with van der Waals surface area (Å²) in [6, 6.07) is 5.75. The predicted molar refractivity (Wildman–Crippen MR) is 60.9 cm³/mol. The fraction of sp³-hybridized carbons (Fsp3) is 0.222. The lowest BCUT2D eigenvalue weighted by Crippen LogP contribution is -2.36. The molecule has 0 radical (unpaired) electrons. The van der Waals surface area contributed by atoms with Crippen molar-refractivity contribution in [3.05, 3.63) is 24.3 Å². The van der Waals surface area contributed by atoms with Crippen LogP contribution in [-0.4, -0.2) is 42.5 Å². The van der Waals surface area contributed by atoms with Crippen molar-refractivity contribution in [3.8, 4) is 5.75 Å². The van der Waals surface area contributed by atoms with Crippen molar-refractivity contribution in [1.29, 1.82) is 0 Å². The van der Waals surface area contributed by atoms with Gasteiger partial charge in [0, 0.05) is 7.05 Å². The van der Waals surface area contributed by atoms with E-state index in [1.807, 2.05) is 0 Å². The Morgan fingerprint density at radius 3 is 2.53 bits per heavy atom. The summed E-state index contributed by atoms with van der Waals surface area (Å²) in [6.45, 7) is -0.664. The molecule has 17 heavy (non-hydrogen) atoms. The first kappa shape index (κ1) is 13.3. The third kappa shape index (κ3) is 3.61. The molecule has 0 spiro atoms. The lowest BCUT2D eigenvalue weighted by atomic mass is 10.3. The number of hydrogen-bond donors (Lipinski definition) is 3. The van der Waals surface area contributed by atoms with Crippen molar-refractivity contribution < 1.29 is 23.4 Å². The molecule has 3 N–H and O–H groups in total. The molecule has 0 bridgehead atoms. The zero-order valence-electron chi connectivity index (χ0n) is 8.99. The van der Waals surface area contributed by atoms with E-state index in [9.17, 15) is 18.3 Å². The maximum Gasteiger partial charge on any atom is 0.318 e. The Hall–Kier alpha value is -1.80. The molecule has 0 atom stereocenters. The molecule has 0 heterocycles. The molecule has 1 aromatic rings. The van der Waals surface area contributed by atoms with Crippen LogP contribution in [0.4, 0.5) is 5.69 Å². The Morgan fingerprint density at radius 1 is 1.41 bits per heavy atom. The molecule has 0 saturated carbocycles. The summed E-state index contributed by atoms with van der Waals surface area (Å²) in [5, 5.41) is 17.9. The van der Waals surface area contributed by atoms with E-state index in [-0.39, 0.29) is 11.4 Å². The van der Waals surface area contributed by atoms with E-state index in [0.29, 0.717) is 4.31 Å². The maximum atomic E-state index is 11.6. The Balaban J connectivity index is 2.87. The van der Waals surface area contributed by atoms with Gasteiger partial charge in [-0.15, -0.1) is 0 Å². The van der Waals surface area contributed by atoms with Crippen molar-refractivity contribution >= 4 is 21.9 Å². The summed E-state index contributed by atoms with van der Waals surface area (Å²) in [5.41, 5.74) is -0.00950. The number of carboxylic acid groups (broad SMARTS) is 1. The molecule has 1 aromatic carbocycles. The van der Waals surface area contributed by atoms with Gasteiger partial charge < -0.3 is 10.2 Å². The van der Waals surface area contributed by atoms with Crippen LogP contribution in [0.3, 0.4) is 0 Å². The minimum Gasteiger partial charge on any atom is -0.506 e. The number of rotatable bonds is 5. The Morgan fingerprint density at radius 2 is 2.00 bits per heavy atom. The number of likely N-dealkylation sites (N-methyl/N-ethyl adjacent to an activating group) is 1. The number of aliphatic carboxylic acids is 1. The van der Waals surface area contributed by atoms with Crippen LogP contribution in [0.5, 0.6) is 5.75 Å². The average Bonchev–Trinajstić information content (AvgIpc) is 2.20. The minimum atomic E-state index is -3.99. The summed E-state index contributed by atoms with van der Waals surface area (Å²) in [6.07, 6.45) is 0. The molecule has 0 unspecified atom stereocenters. The number of phenols is 1. The van der Waals surface area contributed by atoms with Gasteiger partial charge >= 0.3 is 16.2 Å². The fourth-order valence-electron chi connectivity index (χ4n) is 1.05. The molecule has 0 aromatic heterocycles. The molecular weight excluding hydrogens is 248 g/mol. The zero-order valence-corrected chi connectivity index (χ0v) is 9.81. The molecule has 0 aliphatic carbocycles. The number of para-hydroxylation sites is 2. The molecule has 0 aliphatic rings. The lowest BCUT2D eigenvalue weighted by Gasteiger charge is -2.16. The molecule has 0 saturated heterocycles. The van der Waals surface area contributed by atoms with Gasteiger partial charge in [-0.3, -0.25) is 9.52 Å². The molecule has 0 amide bonds. The van der Waals surface area contributed by atoms with Crippen molar-refractivity contribution in [3.63, 3.8) is 0 Å². The zero-order chi connectivity index (χ0) is 13.1. The van der Waals surface area contributed by atoms with Gasteiger partial charge in [0.05, 0.1) is 5.69 Å². The van der Waals surface area contributed by atoms with E-state index < -0.39 is 22.7 Å². The molecule has 0 fully saturated rings. The number of nitrogens with zero attached hydrogens (tertiary/aromatic N) is 1. The van der Waals surface area contributed by atoms with Gasteiger partial charge in [-0.05, 0) is 12.1 Å². The summed E-state index contributed by atoms with van der Waals surface area (Å²) in [7, 11) is -2.87. The largest absolute Gasteiger partial charge is 0.506 e. The van der Waals surface area contributed by atoms with Crippen LogP contribution >= 0.6 is 0 Å². The highest BCUT2D eigenvalue weighted by Gasteiger charge is 2.20. The van der Waals surface area contributed by atoms with Gasteiger partial charge in [-0.1, -0.05) is 12.1 Å². The van der Waals surface area contributed by atoms with E-state index in [1.165, 1.54) is 24.3 Å². The summed E-state index contributed by atoms with van der Waals surface area (Å²) in [5.74, 6) is -1.50. The minimum absolute atomic E-state index is 0.00950. The van der Waals surface area contributed by atoms with Crippen LogP contribution in [0.15, 0.2) is 24.3 Å². The first-order valence-electron chi connectivity index (χ1n) is 4.57. The Kier molecular flexibility index (Phi) is 3.92. The number of carboxylic acids is 1. The topological polar surface area (TPSA) is 107 Å². The molecule has 7 nitrogen and oxygen atoms in total. The number of anilines is 1. The lowest BCUT2D eigenvalue weighted by molar-refractivity contribution is -0.137. The quantitative estimate of drug-likeness (QED) is 0.649. The number of nitrogens with one attached hydrogen (secondary N) is 1. The third-order valence-electron chi connectivity index (χ3n) is 1.91. The standard InChI is InChI=1S/C9H12N2O5S/c1-11(6-9(13)14)17(15,16)10-7-4-2-3-5-8(7)12/h2-5,10,12H,6H2,1H3,(H,13,14). The molecule has 1 rings (SSSR count). The summed E-state index contributed by atoms with van der Waals surface area (Å²) in [4.78, 5) is 10.4. The second-order valence-electron chi connectivity index (χ2n) is 3.27. The van der Waals surface area contributed by atoms with Crippen LogP contribution in [0, 0.1) is 0 Å². The average molecular weight is 260 g/mol. The Labute approximate surface area is 98.5 Å². The van der Waals surface area contributed by atoms with Crippen molar-refractivity contribution in [1.82, 2.24) is 4.31 Å². The van der Waals surface area contributed by atoms with E-state index in [4.69, 9.17) is 5.11 Å². The second kappa shape index (κ2) is 5.02. The Bertz CT molecular complexity index is 514. The molecule has 8 heteroatoms. The molecular formula is C9H12N2O5S. The highest BCUT2D eigenvalue weighted by Crippen LogP contribution is 2.23.